The Bertz CT molecular complexity index is 746. The van der Waals surface area contributed by atoms with Crippen LogP contribution in [-0.4, -0.2) is 57.1 Å². The maximum Gasteiger partial charge on any atom is 0.233 e. The van der Waals surface area contributed by atoms with Crippen molar-refractivity contribution in [3.05, 3.63) is 29.8 Å². The molecule has 0 N–H and O–H groups in total. The summed E-state index contributed by atoms with van der Waals surface area (Å²) in [5.41, 5.74) is 2.24. The topological polar surface area (TPSA) is 60.2 Å². The Morgan fingerprint density at radius 1 is 1.40 bits per heavy atom. The first-order valence-corrected chi connectivity index (χ1v) is 9.59. The summed E-state index contributed by atoms with van der Waals surface area (Å²) in [6.07, 6.45) is 0. The molecule has 0 bridgehead atoms. The van der Waals surface area contributed by atoms with E-state index in [0.717, 1.165) is 23.1 Å². The third-order valence-corrected chi connectivity index (χ3v) is 5.27. The van der Waals surface area contributed by atoms with Gasteiger partial charge in [0.25, 0.3) is 0 Å². The van der Waals surface area contributed by atoms with E-state index < -0.39 is 0 Å². The zero-order valence-corrected chi connectivity index (χ0v) is 15.8. The van der Waals surface area contributed by atoms with Crippen molar-refractivity contribution in [3.8, 4) is 11.4 Å². The Labute approximate surface area is 152 Å². The lowest BCUT2D eigenvalue weighted by Crippen LogP contribution is -2.47. The molecule has 0 saturated carbocycles. The Kier molecular flexibility index (Phi) is 5.75. The van der Waals surface area contributed by atoms with Crippen LogP contribution in [0, 0.1) is 6.92 Å². The number of aromatic nitrogens is 3. The van der Waals surface area contributed by atoms with Gasteiger partial charge in [0.15, 0.2) is 11.0 Å². The first-order chi connectivity index (χ1) is 12.1. The van der Waals surface area contributed by atoms with E-state index in [9.17, 15) is 4.79 Å². The van der Waals surface area contributed by atoms with Crippen molar-refractivity contribution in [2.24, 2.45) is 0 Å². The molecule has 7 heteroatoms. The number of thioether (sulfide) groups is 1. The van der Waals surface area contributed by atoms with Crippen LogP contribution < -0.4 is 0 Å². The van der Waals surface area contributed by atoms with Gasteiger partial charge in [-0.25, -0.2) is 0 Å². The van der Waals surface area contributed by atoms with Gasteiger partial charge >= 0.3 is 0 Å². The molecule has 1 aromatic heterocycles. The molecule has 1 amide bonds. The van der Waals surface area contributed by atoms with Crippen LogP contribution in [0.1, 0.15) is 19.4 Å². The lowest BCUT2D eigenvalue weighted by molar-refractivity contribution is -0.136. The highest BCUT2D eigenvalue weighted by Crippen LogP contribution is 2.25. The van der Waals surface area contributed by atoms with Crippen LogP contribution in [0.4, 0.5) is 0 Å². The predicted molar refractivity (Wildman–Crippen MR) is 98.6 cm³/mol. The Morgan fingerprint density at radius 3 is 2.96 bits per heavy atom. The number of hydrogen-bond donors (Lipinski definition) is 0. The van der Waals surface area contributed by atoms with Crippen LogP contribution in [0.3, 0.4) is 0 Å². The van der Waals surface area contributed by atoms with Gasteiger partial charge in [-0.2, -0.15) is 0 Å². The molecule has 1 fully saturated rings. The Morgan fingerprint density at radius 2 is 2.24 bits per heavy atom. The monoisotopic (exact) mass is 360 g/mol. The average Bonchev–Trinajstić information content (AvgIpc) is 3.03. The summed E-state index contributed by atoms with van der Waals surface area (Å²) in [5, 5.41) is 9.45. The van der Waals surface area contributed by atoms with Crippen molar-refractivity contribution in [2.75, 3.05) is 25.5 Å². The summed E-state index contributed by atoms with van der Waals surface area (Å²) >= 11 is 1.45. The molecule has 134 valence electrons. The second-order valence-corrected chi connectivity index (χ2v) is 7.16. The van der Waals surface area contributed by atoms with E-state index in [1.54, 1.807) is 0 Å². The molecule has 0 radical (unpaired) electrons. The minimum absolute atomic E-state index is 0.128. The van der Waals surface area contributed by atoms with Gasteiger partial charge in [0.05, 0.1) is 25.0 Å². The number of ether oxygens (including phenoxy) is 1. The van der Waals surface area contributed by atoms with Crippen LogP contribution in [0.25, 0.3) is 11.4 Å². The quantitative estimate of drug-likeness (QED) is 0.767. The summed E-state index contributed by atoms with van der Waals surface area (Å²) in [7, 11) is 0. The van der Waals surface area contributed by atoms with E-state index in [-0.39, 0.29) is 11.9 Å². The maximum absolute atomic E-state index is 12.5. The molecule has 6 nitrogen and oxygen atoms in total. The van der Waals surface area contributed by atoms with Gasteiger partial charge in [-0.15, -0.1) is 10.2 Å². The average molecular weight is 360 g/mol. The highest BCUT2D eigenvalue weighted by atomic mass is 32.2. The van der Waals surface area contributed by atoms with E-state index in [2.05, 4.69) is 40.7 Å². The van der Waals surface area contributed by atoms with Gasteiger partial charge in [0, 0.05) is 18.7 Å². The molecule has 2 heterocycles. The largest absolute Gasteiger partial charge is 0.377 e. The number of carbonyl (C=O) groups is 1. The van der Waals surface area contributed by atoms with E-state index in [0.29, 0.717) is 25.5 Å². The van der Waals surface area contributed by atoms with E-state index in [1.807, 2.05) is 24.0 Å². The van der Waals surface area contributed by atoms with Gasteiger partial charge in [-0.1, -0.05) is 35.5 Å². The van der Waals surface area contributed by atoms with Crippen LogP contribution in [0.2, 0.25) is 0 Å². The summed E-state index contributed by atoms with van der Waals surface area (Å²) in [6.45, 7) is 8.80. The molecule has 1 saturated heterocycles. The standard InChI is InChI=1S/C18H24N4O2S/c1-4-21-17(15-7-5-6-13(2)10-15)19-20-18(21)25-12-16(23)22-8-9-24-11-14(22)3/h5-7,10,14H,4,8-9,11-12H2,1-3H3. The molecule has 0 aliphatic carbocycles. The number of benzene rings is 1. The van der Waals surface area contributed by atoms with Crippen LogP contribution in [-0.2, 0) is 16.1 Å². The molecular weight excluding hydrogens is 336 g/mol. The molecule has 1 aliphatic rings. The van der Waals surface area contributed by atoms with Crippen molar-refractivity contribution in [1.82, 2.24) is 19.7 Å². The van der Waals surface area contributed by atoms with Crippen molar-refractivity contribution >= 4 is 17.7 Å². The third kappa shape index (κ3) is 4.04. The molecular formula is C18H24N4O2S. The fraction of sp³-hybridized carbons (Fsp3) is 0.500. The van der Waals surface area contributed by atoms with Gasteiger partial charge in [0.1, 0.15) is 0 Å². The molecule has 3 rings (SSSR count). The summed E-state index contributed by atoms with van der Waals surface area (Å²) in [4.78, 5) is 14.4. The second-order valence-electron chi connectivity index (χ2n) is 6.22. The highest BCUT2D eigenvalue weighted by molar-refractivity contribution is 7.99. The summed E-state index contributed by atoms with van der Waals surface area (Å²) < 4.78 is 7.46. The molecule has 2 aromatic rings. The zero-order valence-electron chi connectivity index (χ0n) is 14.9. The minimum atomic E-state index is 0.128. The number of nitrogens with zero attached hydrogens (tertiary/aromatic N) is 4. The number of carbonyl (C=O) groups excluding carboxylic acids is 1. The Balaban J connectivity index is 1.72. The van der Waals surface area contributed by atoms with E-state index >= 15 is 0 Å². The fourth-order valence-electron chi connectivity index (χ4n) is 2.99. The molecule has 1 unspecified atom stereocenters. The van der Waals surface area contributed by atoms with Crippen molar-refractivity contribution in [3.63, 3.8) is 0 Å². The number of aryl methyl sites for hydroxylation is 1. The smallest absolute Gasteiger partial charge is 0.233 e. The zero-order chi connectivity index (χ0) is 17.8. The van der Waals surface area contributed by atoms with E-state index in [4.69, 9.17) is 4.74 Å². The van der Waals surface area contributed by atoms with Crippen molar-refractivity contribution in [1.29, 1.82) is 0 Å². The minimum Gasteiger partial charge on any atom is -0.377 e. The van der Waals surface area contributed by atoms with E-state index in [1.165, 1.54) is 17.3 Å². The first kappa shape index (κ1) is 17.9. The lowest BCUT2D eigenvalue weighted by Gasteiger charge is -2.33. The van der Waals surface area contributed by atoms with Gasteiger partial charge < -0.3 is 14.2 Å². The molecule has 0 spiro atoms. The van der Waals surface area contributed by atoms with Gasteiger partial charge in [-0.05, 0) is 26.8 Å². The molecule has 1 aromatic carbocycles. The van der Waals surface area contributed by atoms with Crippen LogP contribution >= 0.6 is 11.8 Å². The summed E-state index contributed by atoms with van der Waals surface area (Å²) in [5.74, 6) is 1.35. The molecule has 1 aliphatic heterocycles. The second kappa shape index (κ2) is 8.01. The van der Waals surface area contributed by atoms with Crippen molar-refractivity contribution < 1.29 is 9.53 Å². The number of hydrogen-bond acceptors (Lipinski definition) is 5. The predicted octanol–water partition coefficient (Wildman–Crippen LogP) is 2.61. The van der Waals surface area contributed by atoms with Crippen molar-refractivity contribution in [2.45, 2.75) is 38.5 Å². The molecule has 25 heavy (non-hydrogen) atoms. The normalized spacial score (nSPS) is 17.7. The highest BCUT2D eigenvalue weighted by Gasteiger charge is 2.24. The fourth-order valence-corrected chi connectivity index (χ4v) is 3.87. The number of amides is 1. The summed E-state index contributed by atoms with van der Waals surface area (Å²) in [6, 6.07) is 8.36. The third-order valence-electron chi connectivity index (χ3n) is 4.32. The first-order valence-electron chi connectivity index (χ1n) is 8.60. The maximum atomic E-state index is 12.5. The Hall–Kier alpha value is -1.86. The van der Waals surface area contributed by atoms with Gasteiger partial charge in [0.2, 0.25) is 5.91 Å². The van der Waals surface area contributed by atoms with Crippen LogP contribution in [0.5, 0.6) is 0 Å². The molecule has 1 atom stereocenters. The van der Waals surface area contributed by atoms with Gasteiger partial charge in [-0.3, -0.25) is 4.79 Å². The van der Waals surface area contributed by atoms with Crippen LogP contribution in [0.15, 0.2) is 29.4 Å². The number of rotatable bonds is 5. The lowest BCUT2D eigenvalue weighted by atomic mass is 10.1. The SMILES string of the molecule is CCn1c(SCC(=O)N2CCOCC2C)nnc1-c1cccc(C)c1. The number of morpholine rings is 1.